The summed E-state index contributed by atoms with van der Waals surface area (Å²) in [5.74, 6) is -1.77. The highest BCUT2D eigenvalue weighted by Gasteiger charge is 2.37. The number of benzene rings is 1. The zero-order valence-corrected chi connectivity index (χ0v) is 14.7. The largest absolute Gasteiger partial charge is 0.480 e. The van der Waals surface area contributed by atoms with Crippen LogP contribution in [0.15, 0.2) is 18.2 Å². The Labute approximate surface area is 153 Å². The molecule has 26 heavy (non-hydrogen) atoms. The van der Waals surface area contributed by atoms with Gasteiger partial charge < -0.3 is 14.7 Å². The third-order valence-electron chi connectivity index (χ3n) is 3.86. The van der Waals surface area contributed by atoms with Crippen molar-refractivity contribution in [1.82, 2.24) is 9.80 Å². The number of hydrogen-bond acceptors (Lipinski definition) is 4. The summed E-state index contributed by atoms with van der Waals surface area (Å²) in [5.41, 5.74) is -1.55. The molecule has 10 heteroatoms. The molecule has 2 rings (SSSR count). The van der Waals surface area contributed by atoms with E-state index >= 15 is 0 Å². The van der Waals surface area contributed by atoms with E-state index in [4.69, 9.17) is 21.4 Å². The van der Waals surface area contributed by atoms with Gasteiger partial charge in [-0.3, -0.25) is 14.5 Å². The second-order valence-corrected chi connectivity index (χ2v) is 6.46. The first-order chi connectivity index (χ1) is 12.1. The van der Waals surface area contributed by atoms with Crippen LogP contribution in [0.3, 0.4) is 0 Å². The van der Waals surface area contributed by atoms with Gasteiger partial charge in [0.05, 0.1) is 30.4 Å². The summed E-state index contributed by atoms with van der Waals surface area (Å²) in [5, 5.41) is 8.66. The normalized spacial score (nSPS) is 18.2. The van der Waals surface area contributed by atoms with Crippen LogP contribution in [0.2, 0.25) is 5.02 Å². The monoisotopic (exact) mass is 394 g/mol. The second kappa shape index (κ2) is 8.24. The number of rotatable bonds is 5. The highest BCUT2D eigenvalue weighted by atomic mass is 35.5. The van der Waals surface area contributed by atoms with E-state index in [9.17, 15) is 22.8 Å². The first-order valence-electron chi connectivity index (χ1n) is 7.76. The lowest BCUT2D eigenvalue weighted by Crippen LogP contribution is -2.49. The van der Waals surface area contributed by atoms with E-state index in [1.54, 1.807) is 7.05 Å². The topological polar surface area (TPSA) is 70.1 Å². The van der Waals surface area contributed by atoms with Gasteiger partial charge in [-0.2, -0.15) is 13.2 Å². The third kappa shape index (κ3) is 5.33. The number of morpholine rings is 1. The Kier molecular flexibility index (Phi) is 6.48. The molecular formula is C16H18ClF3N2O4. The number of halogens is 4. The fourth-order valence-corrected chi connectivity index (χ4v) is 2.94. The van der Waals surface area contributed by atoms with E-state index in [0.29, 0.717) is 0 Å². The van der Waals surface area contributed by atoms with Gasteiger partial charge in [0.2, 0.25) is 0 Å². The minimum atomic E-state index is -4.71. The lowest BCUT2D eigenvalue weighted by Gasteiger charge is -2.35. The van der Waals surface area contributed by atoms with Crippen LogP contribution in [-0.4, -0.2) is 72.7 Å². The predicted molar refractivity (Wildman–Crippen MR) is 87.2 cm³/mol. The first kappa shape index (κ1) is 20.5. The molecule has 1 unspecified atom stereocenters. The second-order valence-electron chi connectivity index (χ2n) is 6.02. The zero-order chi connectivity index (χ0) is 19.5. The van der Waals surface area contributed by atoms with Crippen LogP contribution < -0.4 is 0 Å². The molecule has 1 saturated heterocycles. The average molecular weight is 395 g/mol. The summed E-state index contributed by atoms with van der Waals surface area (Å²) in [7, 11) is 1.58. The molecule has 1 fully saturated rings. The van der Waals surface area contributed by atoms with Gasteiger partial charge in [-0.05, 0) is 25.2 Å². The molecule has 0 radical (unpaired) electrons. The SMILES string of the molecule is CN(CC(=O)O)CC1CN(C(=O)c2ccc(Cl)cc2C(F)(F)F)CCO1. The molecule has 0 aromatic heterocycles. The van der Waals surface area contributed by atoms with Gasteiger partial charge in [0, 0.05) is 24.7 Å². The molecule has 1 aromatic carbocycles. The molecule has 1 heterocycles. The summed E-state index contributed by atoms with van der Waals surface area (Å²) >= 11 is 5.64. The summed E-state index contributed by atoms with van der Waals surface area (Å²) < 4.78 is 45.1. The molecule has 1 aromatic rings. The van der Waals surface area contributed by atoms with Gasteiger partial charge in [-0.25, -0.2) is 0 Å². The van der Waals surface area contributed by atoms with Crippen molar-refractivity contribution >= 4 is 23.5 Å². The van der Waals surface area contributed by atoms with Crippen molar-refractivity contribution in [3.8, 4) is 0 Å². The molecule has 1 amide bonds. The third-order valence-corrected chi connectivity index (χ3v) is 4.10. The van der Waals surface area contributed by atoms with Gasteiger partial charge in [0.25, 0.3) is 5.91 Å². The van der Waals surface area contributed by atoms with Crippen LogP contribution in [0.1, 0.15) is 15.9 Å². The number of likely N-dealkylation sites (N-methyl/N-ethyl adjacent to an activating group) is 1. The number of alkyl halides is 3. The van der Waals surface area contributed by atoms with Crippen molar-refractivity contribution < 1.29 is 32.6 Å². The summed E-state index contributed by atoms with van der Waals surface area (Å²) in [6.07, 6.45) is -5.19. The van der Waals surface area contributed by atoms with Crippen LogP contribution in [-0.2, 0) is 15.7 Å². The maximum absolute atomic E-state index is 13.2. The number of ether oxygens (including phenoxy) is 1. The van der Waals surface area contributed by atoms with E-state index in [-0.39, 0.29) is 37.8 Å². The van der Waals surface area contributed by atoms with Crippen LogP contribution in [0.4, 0.5) is 13.2 Å². The van der Waals surface area contributed by atoms with Crippen LogP contribution in [0.25, 0.3) is 0 Å². The number of hydrogen-bond donors (Lipinski definition) is 1. The molecule has 1 N–H and O–H groups in total. The Morgan fingerprint density at radius 2 is 2.12 bits per heavy atom. The summed E-state index contributed by atoms with van der Waals surface area (Å²) in [4.78, 5) is 26.1. The van der Waals surface area contributed by atoms with Gasteiger partial charge >= 0.3 is 12.1 Å². The first-order valence-corrected chi connectivity index (χ1v) is 8.13. The molecule has 0 saturated carbocycles. The molecule has 0 aliphatic carbocycles. The van der Waals surface area contributed by atoms with Crippen molar-refractivity contribution in [2.75, 3.05) is 39.8 Å². The van der Waals surface area contributed by atoms with Crippen LogP contribution in [0.5, 0.6) is 0 Å². The average Bonchev–Trinajstić information content (AvgIpc) is 2.52. The Balaban J connectivity index is 2.13. The molecule has 6 nitrogen and oxygen atoms in total. The van der Waals surface area contributed by atoms with Crippen molar-refractivity contribution in [2.45, 2.75) is 12.3 Å². The molecule has 0 bridgehead atoms. The van der Waals surface area contributed by atoms with E-state index in [1.165, 1.54) is 15.9 Å². The van der Waals surface area contributed by atoms with Gasteiger partial charge in [0.1, 0.15) is 0 Å². The molecule has 1 aliphatic heterocycles. The Morgan fingerprint density at radius 3 is 2.73 bits per heavy atom. The lowest BCUT2D eigenvalue weighted by atomic mass is 10.1. The van der Waals surface area contributed by atoms with Crippen LogP contribution >= 0.6 is 11.6 Å². The van der Waals surface area contributed by atoms with E-state index in [1.807, 2.05) is 0 Å². The molecule has 1 atom stereocenters. The van der Waals surface area contributed by atoms with Crippen LogP contribution in [0, 0.1) is 0 Å². The summed E-state index contributed by atoms with van der Waals surface area (Å²) in [6.45, 7) is 0.416. The minimum Gasteiger partial charge on any atom is -0.480 e. The van der Waals surface area contributed by atoms with Crippen molar-refractivity contribution in [3.05, 3.63) is 34.3 Å². The van der Waals surface area contributed by atoms with Crippen molar-refractivity contribution in [2.24, 2.45) is 0 Å². The van der Waals surface area contributed by atoms with E-state index in [0.717, 1.165) is 12.1 Å². The maximum atomic E-state index is 13.2. The number of carbonyl (C=O) groups excluding carboxylic acids is 1. The molecular weight excluding hydrogens is 377 g/mol. The van der Waals surface area contributed by atoms with Gasteiger partial charge in [-0.1, -0.05) is 11.6 Å². The Bertz CT molecular complexity index is 684. The van der Waals surface area contributed by atoms with Crippen molar-refractivity contribution in [3.63, 3.8) is 0 Å². The van der Waals surface area contributed by atoms with E-state index < -0.39 is 35.3 Å². The smallest absolute Gasteiger partial charge is 0.417 e. The molecule has 1 aliphatic rings. The van der Waals surface area contributed by atoms with Gasteiger partial charge in [0.15, 0.2) is 0 Å². The van der Waals surface area contributed by atoms with Crippen molar-refractivity contribution in [1.29, 1.82) is 0 Å². The number of carbonyl (C=O) groups is 2. The standard InChI is InChI=1S/C16H18ClF3N2O4/c1-21(9-14(23)24)7-11-8-22(4-5-26-11)15(25)12-3-2-10(17)6-13(12)16(18,19)20/h2-3,6,11H,4-5,7-9H2,1H3,(H,23,24). The fraction of sp³-hybridized carbons (Fsp3) is 0.500. The number of carboxylic acids is 1. The number of amides is 1. The molecule has 144 valence electrons. The van der Waals surface area contributed by atoms with E-state index in [2.05, 4.69) is 0 Å². The maximum Gasteiger partial charge on any atom is 0.417 e. The highest BCUT2D eigenvalue weighted by Crippen LogP contribution is 2.34. The van der Waals surface area contributed by atoms with Gasteiger partial charge in [-0.15, -0.1) is 0 Å². The Hall–Kier alpha value is -1.84. The lowest BCUT2D eigenvalue weighted by molar-refractivity contribution is -0.139. The highest BCUT2D eigenvalue weighted by molar-refractivity contribution is 6.30. The number of nitrogens with zero attached hydrogens (tertiary/aromatic N) is 2. The zero-order valence-electron chi connectivity index (χ0n) is 13.9. The quantitative estimate of drug-likeness (QED) is 0.829. The Morgan fingerprint density at radius 1 is 1.42 bits per heavy atom. The number of carboxylic acid groups (broad SMARTS) is 1. The predicted octanol–water partition coefficient (Wildman–Crippen LogP) is 2.22. The number of aliphatic carboxylic acids is 1. The fourth-order valence-electron chi connectivity index (χ4n) is 2.77. The molecule has 0 spiro atoms. The minimum absolute atomic E-state index is 0.0721. The summed E-state index contributed by atoms with van der Waals surface area (Å²) in [6, 6.07) is 3.03.